The zero-order valence-corrected chi connectivity index (χ0v) is 19.2. The van der Waals surface area contributed by atoms with Crippen LogP contribution in [0, 0.1) is 0 Å². The lowest BCUT2D eigenvalue weighted by Gasteiger charge is -2.30. The van der Waals surface area contributed by atoms with Crippen LogP contribution in [0.5, 0.6) is 0 Å². The minimum absolute atomic E-state index is 0.103. The van der Waals surface area contributed by atoms with Crippen LogP contribution in [0.4, 0.5) is 5.69 Å². The number of furan rings is 1. The maximum absolute atomic E-state index is 12.6. The second-order valence-corrected chi connectivity index (χ2v) is 9.05. The third-order valence-corrected chi connectivity index (χ3v) is 6.50. The quantitative estimate of drug-likeness (QED) is 0.382. The van der Waals surface area contributed by atoms with E-state index in [9.17, 15) is 9.59 Å². The number of carbonyl (C=O) groups is 2. The molecule has 34 heavy (non-hydrogen) atoms. The van der Waals surface area contributed by atoms with Gasteiger partial charge in [-0.25, -0.2) is 0 Å². The van der Waals surface area contributed by atoms with Gasteiger partial charge in [0.2, 0.25) is 17.7 Å². The van der Waals surface area contributed by atoms with Crippen LogP contribution in [-0.2, 0) is 21.5 Å². The van der Waals surface area contributed by atoms with Crippen molar-refractivity contribution < 1.29 is 18.5 Å². The van der Waals surface area contributed by atoms with Crippen molar-refractivity contribution >= 4 is 39.4 Å². The van der Waals surface area contributed by atoms with Crippen LogP contribution in [0.3, 0.4) is 0 Å². The van der Waals surface area contributed by atoms with Crippen molar-refractivity contribution in [2.24, 2.45) is 0 Å². The Hall–Kier alpha value is -3.68. The molecule has 0 atom stereocenters. The molecule has 1 fully saturated rings. The Bertz CT molecular complexity index is 1330. The van der Waals surface area contributed by atoms with Gasteiger partial charge in [-0.15, -0.1) is 0 Å². The molecule has 0 bridgehead atoms. The van der Waals surface area contributed by atoms with Crippen LogP contribution < -0.4 is 10.6 Å². The first-order valence-corrected chi connectivity index (χ1v) is 11.9. The Labute approximate surface area is 197 Å². The summed E-state index contributed by atoms with van der Waals surface area (Å²) in [5, 5.41) is 12.2. The van der Waals surface area contributed by atoms with E-state index in [2.05, 4.69) is 20.8 Å². The molecule has 176 valence electrons. The van der Waals surface area contributed by atoms with Crippen molar-refractivity contribution in [2.75, 3.05) is 5.32 Å². The van der Waals surface area contributed by atoms with Crippen LogP contribution in [0.2, 0.25) is 0 Å². The van der Waals surface area contributed by atoms with E-state index in [1.807, 2.05) is 42.5 Å². The van der Waals surface area contributed by atoms with E-state index in [4.69, 9.17) is 8.94 Å². The number of aromatic nitrogens is 2. The maximum atomic E-state index is 12.6. The van der Waals surface area contributed by atoms with Crippen molar-refractivity contribution in [1.82, 2.24) is 15.5 Å². The van der Waals surface area contributed by atoms with Gasteiger partial charge in [-0.1, -0.05) is 49.0 Å². The number of carbonyl (C=O) groups excluding carboxylic acids is 2. The van der Waals surface area contributed by atoms with E-state index >= 15 is 0 Å². The normalized spacial score (nSPS) is 15.8. The monoisotopic (exact) mass is 460 g/mol. The lowest BCUT2D eigenvalue weighted by Crippen LogP contribution is -2.45. The molecular weight excluding hydrogens is 432 g/mol. The zero-order valence-electron chi connectivity index (χ0n) is 19.2. The Morgan fingerprint density at radius 1 is 1.00 bits per heavy atom. The highest BCUT2D eigenvalue weighted by molar-refractivity contribution is 6.06. The third kappa shape index (κ3) is 4.53. The number of benzene rings is 2. The summed E-state index contributed by atoms with van der Waals surface area (Å²) in [6, 6.07) is 13.5. The standard InChI is InChI=1S/C26H28N4O4/c1-17(31)29-26(14-6-2-3-7-15-26)25-28-24(34-30-25)13-12-23(32)27-18-10-11-20-19-8-4-5-9-21(19)33-22(20)16-18/h4-5,8-11,16H,2-3,6-7,12-15H2,1H3,(H,27,32)(H,29,31). The summed E-state index contributed by atoms with van der Waals surface area (Å²) < 4.78 is 11.3. The third-order valence-electron chi connectivity index (χ3n) is 6.50. The van der Waals surface area contributed by atoms with Gasteiger partial charge in [0.25, 0.3) is 0 Å². The van der Waals surface area contributed by atoms with Gasteiger partial charge in [-0.05, 0) is 31.0 Å². The minimum Gasteiger partial charge on any atom is -0.456 e. The van der Waals surface area contributed by atoms with Gasteiger partial charge in [0.15, 0.2) is 5.82 Å². The molecular formula is C26H28N4O4. The molecule has 0 radical (unpaired) electrons. The summed E-state index contributed by atoms with van der Waals surface area (Å²) in [7, 11) is 0. The molecule has 8 heteroatoms. The lowest BCUT2D eigenvalue weighted by atomic mass is 9.89. The topological polar surface area (TPSA) is 110 Å². The summed E-state index contributed by atoms with van der Waals surface area (Å²) in [6.45, 7) is 1.51. The number of amides is 2. The van der Waals surface area contributed by atoms with E-state index in [0.29, 0.717) is 23.8 Å². The van der Waals surface area contributed by atoms with Gasteiger partial charge < -0.3 is 19.6 Å². The van der Waals surface area contributed by atoms with Gasteiger partial charge in [0.1, 0.15) is 16.7 Å². The average molecular weight is 461 g/mol. The van der Waals surface area contributed by atoms with Crippen LogP contribution in [0.25, 0.3) is 21.9 Å². The van der Waals surface area contributed by atoms with Gasteiger partial charge in [-0.2, -0.15) is 4.98 Å². The number of hydrogen-bond acceptors (Lipinski definition) is 6. The molecule has 2 aromatic carbocycles. The van der Waals surface area contributed by atoms with Crippen molar-refractivity contribution in [2.45, 2.75) is 63.8 Å². The molecule has 2 aromatic heterocycles. The molecule has 2 N–H and O–H groups in total. The van der Waals surface area contributed by atoms with Crippen molar-refractivity contribution in [3.8, 4) is 0 Å². The number of para-hydroxylation sites is 1. The molecule has 8 nitrogen and oxygen atoms in total. The smallest absolute Gasteiger partial charge is 0.227 e. The maximum Gasteiger partial charge on any atom is 0.227 e. The molecule has 0 spiro atoms. The Morgan fingerprint density at radius 3 is 2.56 bits per heavy atom. The molecule has 5 rings (SSSR count). The molecule has 0 unspecified atom stereocenters. The van der Waals surface area contributed by atoms with Crippen molar-refractivity contribution in [3.63, 3.8) is 0 Å². The highest BCUT2D eigenvalue weighted by Gasteiger charge is 2.38. The first-order chi connectivity index (χ1) is 16.5. The second kappa shape index (κ2) is 9.29. The van der Waals surface area contributed by atoms with Crippen molar-refractivity contribution in [1.29, 1.82) is 0 Å². The highest BCUT2D eigenvalue weighted by atomic mass is 16.5. The largest absolute Gasteiger partial charge is 0.456 e. The van der Waals surface area contributed by atoms with E-state index in [1.165, 1.54) is 6.92 Å². The fourth-order valence-corrected chi connectivity index (χ4v) is 4.87. The molecule has 2 heterocycles. The van der Waals surface area contributed by atoms with Crippen molar-refractivity contribution in [3.05, 3.63) is 54.2 Å². The van der Waals surface area contributed by atoms with Crippen LogP contribution in [0.15, 0.2) is 51.4 Å². The van der Waals surface area contributed by atoms with E-state index in [0.717, 1.165) is 60.5 Å². The van der Waals surface area contributed by atoms with Gasteiger partial charge in [-0.3, -0.25) is 9.59 Å². The fourth-order valence-electron chi connectivity index (χ4n) is 4.87. The minimum atomic E-state index is -0.589. The van der Waals surface area contributed by atoms with Crippen LogP contribution in [0.1, 0.15) is 63.6 Å². The molecule has 0 saturated heterocycles. The SMILES string of the molecule is CC(=O)NC1(c2noc(CCC(=O)Nc3ccc4c(c3)oc3ccccc34)n2)CCCCCC1. The van der Waals surface area contributed by atoms with Gasteiger partial charge in [0, 0.05) is 42.3 Å². The molecule has 1 saturated carbocycles. The Kier molecular flexibility index (Phi) is 6.04. The summed E-state index contributed by atoms with van der Waals surface area (Å²) in [6.07, 6.45) is 6.36. The van der Waals surface area contributed by atoms with Gasteiger partial charge in [0.05, 0.1) is 0 Å². The molecule has 2 amide bonds. The summed E-state index contributed by atoms with van der Waals surface area (Å²) in [4.78, 5) is 29.0. The molecule has 1 aliphatic rings. The van der Waals surface area contributed by atoms with E-state index < -0.39 is 5.54 Å². The number of aryl methyl sites for hydroxylation is 1. The number of anilines is 1. The fraction of sp³-hybridized carbons (Fsp3) is 0.385. The van der Waals surface area contributed by atoms with E-state index in [1.54, 1.807) is 0 Å². The highest BCUT2D eigenvalue weighted by Crippen LogP contribution is 2.35. The Morgan fingerprint density at radius 2 is 1.76 bits per heavy atom. The van der Waals surface area contributed by atoms with Crippen LogP contribution >= 0.6 is 0 Å². The number of nitrogens with zero attached hydrogens (tertiary/aromatic N) is 2. The van der Waals surface area contributed by atoms with E-state index in [-0.39, 0.29) is 18.2 Å². The lowest BCUT2D eigenvalue weighted by molar-refractivity contribution is -0.121. The zero-order chi connectivity index (χ0) is 23.5. The average Bonchev–Trinajstić information content (AvgIpc) is 3.37. The second-order valence-electron chi connectivity index (χ2n) is 9.05. The first-order valence-electron chi connectivity index (χ1n) is 11.9. The first kappa shape index (κ1) is 22.1. The summed E-state index contributed by atoms with van der Waals surface area (Å²) in [5.74, 6) is 0.650. The molecule has 4 aromatic rings. The summed E-state index contributed by atoms with van der Waals surface area (Å²) in [5.41, 5.74) is 1.63. The summed E-state index contributed by atoms with van der Waals surface area (Å²) >= 11 is 0. The number of fused-ring (bicyclic) bond motifs is 3. The van der Waals surface area contributed by atoms with Crippen LogP contribution in [-0.4, -0.2) is 22.0 Å². The predicted octanol–water partition coefficient (Wildman–Crippen LogP) is 5.23. The number of rotatable bonds is 6. The number of nitrogens with one attached hydrogen (secondary N) is 2. The Balaban J connectivity index is 1.24. The van der Waals surface area contributed by atoms with Gasteiger partial charge >= 0.3 is 0 Å². The molecule has 1 aliphatic carbocycles. The molecule has 0 aliphatic heterocycles. The predicted molar refractivity (Wildman–Crippen MR) is 128 cm³/mol. The number of hydrogen-bond donors (Lipinski definition) is 2.